The van der Waals surface area contributed by atoms with Crippen molar-refractivity contribution in [3.05, 3.63) is 58.6 Å². The molecule has 2 rings (SSSR count). The molecule has 0 aliphatic carbocycles. The van der Waals surface area contributed by atoms with Crippen molar-refractivity contribution >= 4 is 15.9 Å². The fraction of sp³-hybridized carbons (Fsp3) is 0.267. The Kier molecular flexibility index (Phi) is 5.09. The van der Waals surface area contributed by atoms with Crippen LogP contribution >= 0.6 is 15.9 Å². The van der Waals surface area contributed by atoms with Crippen LogP contribution in [0, 0.1) is 5.82 Å². The van der Waals surface area contributed by atoms with Crippen molar-refractivity contribution in [2.24, 2.45) is 5.73 Å². The molecule has 0 saturated carbocycles. The van der Waals surface area contributed by atoms with Crippen LogP contribution in [0.25, 0.3) is 0 Å². The maximum atomic E-state index is 13.5. The number of ether oxygens (including phenoxy) is 1. The van der Waals surface area contributed by atoms with E-state index < -0.39 is 6.10 Å². The molecule has 0 aliphatic rings. The summed E-state index contributed by atoms with van der Waals surface area (Å²) in [6.45, 7) is 1.98. The van der Waals surface area contributed by atoms with E-state index in [4.69, 9.17) is 10.5 Å². The third kappa shape index (κ3) is 3.55. The Hall–Kier alpha value is -1.46. The third-order valence-corrected chi connectivity index (χ3v) is 3.64. The van der Waals surface area contributed by atoms with E-state index in [9.17, 15) is 4.39 Å². The van der Waals surface area contributed by atoms with Crippen LogP contribution < -0.4 is 10.5 Å². The Morgan fingerprint density at radius 1 is 1.35 bits per heavy atom. The molecule has 2 atom stereocenters. The van der Waals surface area contributed by atoms with Gasteiger partial charge in [0.15, 0.2) is 6.10 Å². The highest BCUT2D eigenvalue weighted by molar-refractivity contribution is 9.10. The zero-order chi connectivity index (χ0) is 14.5. The van der Waals surface area contributed by atoms with Crippen LogP contribution in [0.15, 0.2) is 47.1 Å². The monoisotopic (exact) mass is 338 g/mol. The Bertz CT molecular complexity index is 565. The number of aromatic nitrogens is 1. The van der Waals surface area contributed by atoms with E-state index in [1.165, 1.54) is 6.07 Å². The summed E-state index contributed by atoms with van der Waals surface area (Å²) in [5.41, 5.74) is 6.84. The van der Waals surface area contributed by atoms with E-state index >= 15 is 0 Å². The summed E-state index contributed by atoms with van der Waals surface area (Å²) in [6.07, 6.45) is 2.03. The zero-order valence-corrected chi connectivity index (χ0v) is 12.7. The van der Waals surface area contributed by atoms with Gasteiger partial charge in [-0.15, -0.1) is 0 Å². The first kappa shape index (κ1) is 14.9. The molecule has 0 aliphatic heterocycles. The van der Waals surface area contributed by atoms with Crippen LogP contribution in [-0.4, -0.2) is 11.0 Å². The fourth-order valence-corrected chi connectivity index (χ4v) is 2.07. The Morgan fingerprint density at radius 2 is 2.15 bits per heavy atom. The number of hydrogen-bond acceptors (Lipinski definition) is 3. The standard InChI is InChI=1S/C15H16BrFN2O/c1-2-13(18)15(14-5-3-4-8-19-14)20-10-6-7-11(16)12(17)9-10/h3-9,13,15H,2,18H2,1H3. The number of halogens is 2. The largest absolute Gasteiger partial charge is 0.482 e. The van der Waals surface area contributed by atoms with Gasteiger partial charge in [0.25, 0.3) is 0 Å². The second-order valence-electron chi connectivity index (χ2n) is 4.44. The second kappa shape index (κ2) is 6.81. The first-order valence-corrected chi connectivity index (χ1v) is 7.19. The summed E-state index contributed by atoms with van der Waals surface area (Å²) in [5, 5.41) is 0. The summed E-state index contributed by atoms with van der Waals surface area (Å²) in [4.78, 5) is 4.28. The summed E-state index contributed by atoms with van der Waals surface area (Å²) < 4.78 is 19.8. The van der Waals surface area contributed by atoms with Crippen molar-refractivity contribution in [1.29, 1.82) is 0 Å². The lowest BCUT2D eigenvalue weighted by molar-refractivity contribution is 0.166. The summed E-state index contributed by atoms with van der Waals surface area (Å²) in [6, 6.07) is 10.00. The van der Waals surface area contributed by atoms with E-state index in [-0.39, 0.29) is 11.9 Å². The van der Waals surface area contributed by atoms with Gasteiger partial charge in [-0.1, -0.05) is 13.0 Å². The summed E-state index contributed by atoms with van der Waals surface area (Å²) >= 11 is 3.12. The molecule has 0 saturated heterocycles. The molecule has 1 aromatic carbocycles. The molecule has 3 nitrogen and oxygen atoms in total. The van der Waals surface area contributed by atoms with Gasteiger partial charge in [0.1, 0.15) is 11.6 Å². The zero-order valence-electron chi connectivity index (χ0n) is 11.1. The molecule has 0 radical (unpaired) electrons. The second-order valence-corrected chi connectivity index (χ2v) is 5.30. The predicted octanol–water partition coefficient (Wildman–Crippen LogP) is 3.84. The topological polar surface area (TPSA) is 48.1 Å². The minimum absolute atomic E-state index is 0.211. The Labute approximate surface area is 126 Å². The van der Waals surface area contributed by atoms with Gasteiger partial charge in [-0.3, -0.25) is 4.98 Å². The highest BCUT2D eigenvalue weighted by atomic mass is 79.9. The predicted molar refractivity (Wildman–Crippen MR) is 80.0 cm³/mol. The van der Waals surface area contributed by atoms with E-state index in [2.05, 4.69) is 20.9 Å². The van der Waals surface area contributed by atoms with Crippen molar-refractivity contribution in [2.45, 2.75) is 25.5 Å². The maximum absolute atomic E-state index is 13.5. The first-order valence-electron chi connectivity index (χ1n) is 6.40. The lowest BCUT2D eigenvalue weighted by Gasteiger charge is -2.24. The average Bonchev–Trinajstić information content (AvgIpc) is 2.48. The summed E-state index contributed by atoms with van der Waals surface area (Å²) in [5.74, 6) is 0.0672. The van der Waals surface area contributed by atoms with Crippen LogP contribution in [0.2, 0.25) is 0 Å². The molecular weight excluding hydrogens is 323 g/mol. The fourth-order valence-electron chi connectivity index (χ4n) is 1.82. The van der Waals surface area contributed by atoms with Crippen LogP contribution in [0.4, 0.5) is 4.39 Å². The molecule has 20 heavy (non-hydrogen) atoms. The smallest absolute Gasteiger partial charge is 0.155 e. The number of rotatable bonds is 5. The molecule has 2 N–H and O–H groups in total. The van der Waals surface area contributed by atoms with E-state index in [0.29, 0.717) is 10.2 Å². The van der Waals surface area contributed by atoms with Gasteiger partial charge >= 0.3 is 0 Å². The van der Waals surface area contributed by atoms with E-state index in [1.54, 1.807) is 18.3 Å². The van der Waals surface area contributed by atoms with Gasteiger partial charge in [0.05, 0.1) is 10.2 Å². The van der Waals surface area contributed by atoms with Crippen molar-refractivity contribution in [2.75, 3.05) is 0 Å². The van der Waals surface area contributed by atoms with Crippen LogP contribution in [0.3, 0.4) is 0 Å². The highest BCUT2D eigenvalue weighted by Crippen LogP contribution is 2.27. The average molecular weight is 339 g/mol. The molecule has 2 unspecified atom stereocenters. The molecule has 5 heteroatoms. The SMILES string of the molecule is CCC(N)C(Oc1ccc(Br)c(F)c1)c1ccccn1. The molecule has 2 aromatic rings. The van der Waals surface area contributed by atoms with E-state index in [0.717, 1.165) is 12.1 Å². The molecular formula is C15H16BrFN2O. The van der Waals surface area contributed by atoms with Gasteiger partial charge in [-0.2, -0.15) is 0 Å². The van der Waals surface area contributed by atoms with Gasteiger partial charge in [0.2, 0.25) is 0 Å². The number of nitrogens with two attached hydrogens (primary N) is 1. The minimum atomic E-state index is -0.401. The Balaban J connectivity index is 2.26. The lowest BCUT2D eigenvalue weighted by atomic mass is 10.1. The van der Waals surface area contributed by atoms with Crippen molar-refractivity contribution in [1.82, 2.24) is 4.98 Å². The van der Waals surface area contributed by atoms with E-state index in [1.807, 2.05) is 25.1 Å². The lowest BCUT2D eigenvalue weighted by Crippen LogP contribution is -2.32. The van der Waals surface area contributed by atoms with Crippen molar-refractivity contribution in [3.8, 4) is 5.75 Å². The number of nitrogens with zero attached hydrogens (tertiary/aromatic N) is 1. The highest BCUT2D eigenvalue weighted by Gasteiger charge is 2.22. The molecule has 0 amide bonds. The molecule has 0 spiro atoms. The van der Waals surface area contributed by atoms with Crippen LogP contribution in [0.5, 0.6) is 5.75 Å². The third-order valence-electron chi connectivity index (χ3n) is 2.99. The quantitative estimate of drug-likeness (QED) is 0.900. The van der Waals surface area contributed by atoms with Gasteiger partial charge in [-0.05, 0) is 46.6 Å². The van der Waals surface area contributed by atoms with Gasteiger partial charge in [0, 0.05) is 18.3 Å². The molecule has 0 fully saturated rings. The normalized spacial score (nSPS) is 13.8. The van der Waals surface area contributed by atoms with Gasteiger partial charge in [-0.25, -0.2) is 4.39 Å². The number of benzene rings is 1. The molecule has 0 bridgehead atoms. The van der Waals surface area contributed by atoms with Crippen LogP contribution in [0.1, 0.15) is 25.1 Å². The molecule has 106 valence electrons. The Morgan fingerprint density at radius 3 is 2.75 bits per heavy atom. The van der Waals surface area contributed by atoms with Crippen molar-refractivity contribution in [3.63, 3.8) is 0 Å². The number of hydrogen-bond donors (Lipinski definition) is 1. The molecule has 1 aromatic heterocycles. The minimum Gasteiger partial charge on any atom is -0.482 e. The molecule has 1 heterocycles. The first-order chi connectivity index (χ1) is 9.61. The van der Waals surface area contributed by atoms with Gasteiger partial charge < -0.3 is 10.5 Å². The number of pyridine rings is 1. The van der Waals surface area contributed by atoms with Crippen LogP contribution in [-0.2, 0) is 0 Å². The summed E-state index contributed by atoms with van der Waals surface area (Å²) in [7, 11) is 0. The van der Waals surface area contributed by atoms with Crippen molar-refractivity contribution < 1.29 is 9.13 Å². The maximum Gasteiger partial charge on any atom is 0.155 e.